The van der Waals surface area contributed by atoms with Crippen molar-refractivity contribution in [3.05, 3.63) is 22.7 Å². The first kappa shape index (κ1) is 7.64. The fourth-order valence-corrected chi connectivity index (χ4v) is 0.574. The van der Waals surface area contributed by atoms with Crippen molar-refractivity contribution < 1.29 is 8.78 Å². The highest BCUT2D eigenvalue weighted by molar-refractivity contribution is 5.23. The molecule has 11 heavy (non-hydrogen) atoms. The van der Waals surface area contributed by atoms with Crippen molar-refractivity contribution in [2.24, 2.45) is 0 Å². The van der Waals surface area contributed by atoms with Crippen molar-refractivity contribution in [2.45, 2.75) is 6.55 Å². The minimum atomic E-state index is -2.87. The van der Waals surface area contributed by atoms with Crippen LogP contribution in [0.3, 0.4) is 0 Å². The molecule has 0 aliphatic carbocycles. The quantitative estimate of drug-likeness (QED) is 0.640. The zero-order chi connectivity index (χ0) is 8.43. The van der Waals surface area contributed by atoms with Crippen LogP contribution >= 0.6 is 0 Å². The Morgan fingerprint density at radius 2 is 2.27 bits per heavy atom. The van der Waals surface area contributed by atoms with Gasteiger partial charge in [0.25, 0.3) is 0 Å². The number of nitrogen functional groups attached to an aromatic ring is 1. The minimum Gasteiger partial charge on any atom is -0.383 e. The number of aromatic nitrogens is 2. The third-order valence-corrected chi connectivity index (χ3v) is 1.06. The van der Waals surface area contributed by atoms with Gasteiger partial charge in [0.15, 0.2) is 0 Å². The molecule has 0 fully saturated rings. The average molecular weight is 161 g/mol. The van der Waals surface area contributed by atoms with Gasteiger partial charge in [-0.05, 0) is 6.07 Å². The first-order valence-electron chi connectivity index (χ1n) is 2.74. The van der Waals surface area contributed by atoms with Crippen LogP contribution in [0.25, 0.3) is 0 Å². The van der Waals surface area contributed by atoms with E-state index in [1.807, 2.05) is 0 Å². The Morgan fingerprint density at radius 1 is 1.64 bits per heavy atom. The normalized spacial score (nSPS) is 10.5. The van der Waals surface area contributed by atoms with E-state index in [1.54, 1.807) is 0 Å². The summed E-state index contributed by atoms with van der Waals surface area (Å²) in [5.41, 5.74) is 4.02. The van der Waals surface area contributed by atoms with Crippen LogP contribution in [-0.4, -0.2) is 9.55 Å². The highest BCUT2D eigenvalue weighted by atomic mass is 19.3. The standard InChI is InChI=1S/C5H5F2N3O/c6-4(7)10-2-1-3(8)9-5(10)11/h1-2,4H,(H2,8,9,11). The van der Waals surface area contributed by atoms with Gasteiger partial charge in [0.1, 0.15) is 5.82 Å². The van der Waals surface area contributed by atoms with E-state index >= 15 is 0 Å². The molecule has 0 atom stereocenters. The molecular formula is C5H5F2N3O. The van der Waals surface area contributed by atoms with Crippen LogP contribution in [0.4, 0.5) is 14.6 Å². The van der Waals surface area contributed by atoms with Crippen LogP contribution in [0.5, 0.6) is 0 Å². The minimum absolute atomic E-state index is 0.0631. The Morgan fingerprint density at radius 3 is 2.73 bits per heavy atom. The predicted octanol–water partition coefficient (Wildman–Crippen LogP) is 0.221. The summed E-state index contributed by atoms with van der Waals surface area (Å²) in [6, 6.07) is 1.13. The molecule has 0 unspecified atom stereocenters. The molecule has 0 radical (unpaired) electrons. The van der Waals surface area contributed by atoms with Crippen LogP contribution in [0.1, 0.15) is 6.55 Å². The molecule has 0 spiro atoms. The van der Waals surface area contributed by atoms with Crippen molar-refractivity contribution in [3.63, 3.8) is 0 Å². The molecule has 0 aliphatic rings. The third-order valence-electron chi connectivity index (χ3n) is 1.06. The molecule has 1 rings (SSSR count). The molecule has 4 nitrogen and oxygen atoms in total. The first-order chi connectivity index (χ1) is 5.11. The second-order valence-corrected chi connectivity index (χ2v) is 1.82. The second-order valence-electron chi connectivity index (χ2n) is 1.82. The Balaban J connectivity index is 3.21. The molecule has 60 valence electrons. The van der Waals surface area contributed by atoms with Gasteiger partial charge < -0.3 is 5.73 Å². The van der Waals surface area contributed by atoms with Gasteiger partial charge in [0.2, 0.25) is 0 Å². The van der Waals surface area contributed by atoms with Crippen molar-refractivity contribution in [1.82, 2.24) is 9.55 Å². The topological polar surface area (TPSA) is 60.9 Å². The zero-order valence-electron chi connectivity index (χ0n) is 5.37. The van der Waals surface area contributed by atoms with E-state index in [2.05, 4.69) is 4.98 Å². The maximum atomic E-state index is 11.8. The van der Waals surface area contributed by atoms with Gasteiger partial charge in [-0.3, -0.25) is 0 Å². The maximum absolute atomic E-state index is 11.8. The van der Waals surface area contributed by atoms with E-state index in [1.165, 1.54) is 0 Å². The summed E-state index contributed by atoms with van der Waals surface area (Å²) in [4.78, 5) is 13.7. The summed E-state index contributed by atoms with van der Waals surface area (Å²) < 4.78 is 23.9. The lowest BCUT2D eigenvalue weighted by Gasteiger charge is -2.00. The Hall–Kier alpha value is -1.46. The molecule has 0 aliphatic heterocycles. The number of nitrogens with zero attached hydrogens (tertiary/aromatic N) is 2. The Kier molecular flexibility index (Phi) is 1.84. The summed E-state index contributed by atoms with van der Waals surface area (Å²) >= 11 is 0. The van der Waals surface area contributed by atoms with E-state index in [4.69, 9.17) is 5.73 Å². The third kappa shape index (κ3) is 1.51. The van der Waals surface area contributed by atoms with Crippen molar-refractivity contribution in [1.29, 1.82) is 0 Å². The summed E-state index contributed by atoms with van der Waals surface area (Å²) in [6.07, 6.45) is 0.898. The molecular weight excluding hydrogens is 156 g/mol. The first-order valence-corrected chi connectivity index (χ1v) is 2.74. The van der Waals surface area contributed by atoms with Crippen molar-refractivity contribution in [3.8, 4) is 0 Å². The molecule has 6 heteroatoms. The van der Waals surface area contributed by atoms with Gasteiger partial charge in [0.05, 0.1) is 0 Å². The monoisotopic (exact) mass is 161 g/mol. The maximum Gasteiger partial charge on any atom is 0.353 e. The largest absolute Gasteiger partial charge is 0.383 e. The molecule has 0 aromatic carbocycles. The highest BCUT2D eigenvalue weighted by Crippen LogP contribution is 2.04. The number of rotatable bonds is 1. The lowest BCUT2D eigenvalue weighted by Crippen LogP contribution is -2.23. The number of alkyl halides is 2. The molecule has 1 heterocycles. The van der Waals surface area contributed by atoms with Gasteiger partial charge >= 0.3 is 12.2 Å². The van der Waals surface area contributed by atoms with Crippen LogP contribution in [0, 0.1) is 0 Å². The van der Waals surface area contributed by atoms with E-state index in [9.17, 15) is 13.6 Å². The number of hydrogen-bond acceptors (Lipinski definition) is 3. The van der Waals surface area contributed by atoms with Crippen molar-refractivity contribution >= 4 is 5.82 Å². The summed E-state index contributed by atoms with van der Waals surface area (Å²) in [6.45, 7) is -2.87. The van der Waals surface area contributed by atoms with Gasteiger partial charge in [-0.15, -0.1) is 0 Å². The summed E-state index contributed by atoms with van der Waals surface area (Å²) in [7, 11) is 0. The van der Waals surface area contributed by atoms with E-state index in [0.717, 1.165) is 12.3 Å². The summed E-state index contributed by atoms with van der Waals surface area (Å²) in [5.74, 6) is -0.0631. The molecule has 0 saturated carbocycles. The van der Waals surface area contributed by atoms with E-state index in [-0.39, 0.29) is 10.4 Å². The Bertz CT molecular complexity index is 309. The molecule has 0 bridgehead atoms. The fraction of sp³-hybridized carbons (Fsp3) is 0.200. The van der Waals surface area contributed by atoms with Crippen LogP contribution in [-0.2, 0) is 0 Å². The highest BCUT2D eigenvalue weighted by Gasteiger charge is 2.06. The lowest BCUT2D eigenvalue weighted by molar-refractivity contribution is 0.0649. The number of hydrogen-bond donors (Lipinski definition) is 1. The van der Waals surface area contributed by atoms with Gasteiger partial charge in [-0.1, -0.05) is 0 Å². The number of nitrogens with two attached hydrogens (primary N) is 1. The van der Waals surface area contributed by atoms with Crippen LogP contribution < -0.4 is 11.4 Å². The fourth-order valence-electron chi connectivity index (χ4n) is 0.574. The predicted molar refractivity (Wildman–Crippen MR) is 34.2 cm³/mol. The van der Waals surface area contributed by atoms with Gasteiger partial charge in [-0.25, -0.2) is 9.36 Å². The SMILES string of the molecule is Nc1ccn(C(F)F)c(=O)n1. The van der Waals surface area contributed by atoms with E-state index in [0.29, 0.717) is 0 Å². The Labute approximate surface area is 60.3 Å². The van der Waals surface area contributed by atoms with E-state index < -0.39 is 12.2 Å². The van der Waals surface area contributed by atoms with Crippen LogP contribution in [0.15, 0.2) is 17.1 Å². The lowest BCUT2D eigenvalue weighted by atomic mass is 10.6. The summed E-state index contributed by atoms with van der Waals surface area (Å²) in [5, 5.41) is 0. The molecule has 0 saturated heterocycles. The van der Waals surface area contributed by atoms with Gasteiger partial charge in [0, 0.05) is 6.20 Å². The molecule has 0 amide bonds. The van der Waals surface area contributed by atoms with Crippen molar-refractivity contribution in [2.75, 3.05) is 5.73 Å². The average Bonchev–Trinajstić information content (AvgIpc) is 1.85. The smallest absolute Gasteiger partial charge is 0.353 e. The van der Waals surface area contributed by atoms with Gasteiger partial charge in [-0.2, -0.15) is 13.8 Å². The zero-order valence-corrected chi connectivity index (χ0v) is 5.37. The molecule has 1 aromatic rings. The molecule has 2 N–H and O–H groups in total. The number of halogens is 2. The number of anilines is 1. The van der Waals surface area contributed by atoms with Crippen LogP contribution in [0.2, 0.25) is 0 Å². The second kappa shape index (κ2) is 2.65. The molecule has 1 aromatic heterocycles.